The van der Waals surface area contributed by atoms with Gasteiger partial charge < -0.3 is 0 Å². The van der Waals surface area contributed by atoms with Gasteiger partial charge in [-0.2, -0.15) is 0 Å². The van der Waals surface area contributed by atoms with E-state index in [2.05, 4.69) is 21.3 Å². The summed E-state index contributed by atoms with van der Waals surface area (Å²) < 4.78 is 0. The number of hydrogen-bond donors (Lipinski definition) is 2. The Morgan fingerprint density at radius 2 is 2.00 bits per heavy atom. The summed E-state index contributed by atoms with van der Waals surface area (Å²) in [6, 6.07) is 7.57. The second-order valence-corrected chi connectivity index (χ2v) is 7.05. The number of amides is 2. The normalized spacial score (nSPS) is 19.3. The van der Waals surface area contributed by atoms with Gasteiger partial charge in [0, 0.05) is 0 Å². The zero-order chi connectivity index (χ0) is 18.4. The predicted octanol–water partition coefficient (Wildman–Crippen LogP) is 1.01. The van der Waals surface area contributed by atoms with Gasteiger partial charge in [-0.25, -0.2) is 0 Å². The van der Waals surface area contributed by atoms with Gasteiger partial charge >= 0.3 is 149 Å². The van der Waals surface area contributed by atoms with Gasteiger partial charge in [-0.3, -0.25) is 0 Å². The number of hydrogen-bond acceptors (Lipinski definition) is 3. The third-order valence-corrected chi connectivity index (χ3v) is 5.46. The van der Waals surface area contributed by atoms with Crippen LogP contribution in [0.3, 0.4) is 0 Å². The Hall–Kier alpha value is -1.85. The average molecular weight is 410 g/mol. The molecule has 0 unspecified atom stereocenters. The predicted molar refractivity (Wildman–Crippen MR) is 94.2 cm³/mol. The van der Waals surface area contributed by atoms with E-state index in [9.17, 15) is 19.5 Å². The van der Waals surface area contributed by atoms with Crippen LogP contribution in [0, 0.1) is 5.92 Å². The molecule has 1 saturated heterocycles. The molecule has 1 aliphatic heterocycles. The summed E-state index contributed by atoms with van der Waals surface area (Å²) in [5.41, 5.74) is 0.838. The third-order valence-electron chi connectivity index (χ3n) is 4.41. The fraction of sp³-hybridized carbons (Fsp3) is 0.500. The first-order valence-corrected chi connectivity index (χ1v) is 9.61. The van der Waals surface area contributed by atoms with Crippen molar-refractivity contribution < 1.29 is 19.5 Å². The number of nitrogens with one attached hydrogen (secondary N) is 1. The van der Waals surface area contributed by atoms with E-state index in [4.69, 9.17) is 0 Å². The van der Waals surface area contributed by atoms with Crippen molar-refractivity contribution in [3.63, 3.8) is 0 Å². The molecule has 25 heavy (non-hydrogen) atoms. The zero-order valence-corrected chi connectivity index (χ0v) is 15.9. The minimum absolute atomic E-state index is 0.0636. The fourth-order valence-electron chi connectivity index (χ4n) is 2.98. The Balaban J connectivity index is 2.04. The van der Waals surface area contributed by atoms with Crippen LogP contribution < -0.4 is 5.32 Å². The van der Waals surface area contributed by atoms with Crippen LogP contribution in [0.5, 0.6) is 0 Å². The molecule has 0 spiro atoms. The first-order chi connectivity index (χ1) is 11.9. The van der Waals surface area contributed by atoms with E-state index >= 15 is 0 Å². The Morgan fingerprint density at radius 3 is 2.60 bits per heavy atom. The van der Waals surface area contributed by atoms with Crippen molar-refractivity contribution >= 4 is 33.8 Å². The van der Waals surface area contributed by atoms with E-state index in [0.717, 1.165) is 12.0 Å². The first kappa shape index (κ1) is 19.5. The van der Waals surface area contributed by atoms with E-state index in [0.29, 0.717) is 18.3 Å². The number of likely N-dealkylation sites (tertiary alicyclic amines) is 1. The molecule has 0 saturated carbocycles. The average Bonchev–Trinajstić information content (AvgIpc) is 3.10. The van der Waals surface area contributed by atoms with Crippen molar-refractivity contribution in [2.45, 2.75) is 43.6 Å². The number of carboxylic acids is 1. The van der Waals surface area contributed by atoms with Gasteiger partial charge in [0.25, 0.3) is 0 Å². The maximum absolute atomic E-state index is 12.6. The Morgan fingerprint density at radius 1 is 1.32 bits per heavy atom. The number of benzene rings is 1. The topological polar surface area (TPSA) is 86.7 Å². The van der Waals surface area contributed by atoms with Gasteiger partial charge in [-0.05, 0) is 0 Å². The standard InChI is InChI=1S/C18H23N2O4Se/c1-12(11-25)17(22)20-9-5-8-15(20)16(21)19-14(18(23)24)10-13-6-3-2-4-7-13/h2-4,6-7,12,14-15H,5,8-11H2,1H3,(H,19,21)(H,23,24)/t12-,14+,15+/m1/s1. The molecule has 0 aromatic heterocycles. The van der Waals surface area contributed by atoms with E-state index in [-0.39, 0.29) is 24.2 Å². The van der Waals surface area contributed by atoms with Crippen molar-refractivity contribution in [3.8, 4) is 0 Å². The van der Waals surface area contributed by atoms with Gasteiger partial charge in [0.2, 0.25) is 0 Å². The molecular weight excluding hydrogens is 387 g/mol. The maximum atomic E-state index is 12.6. The summed E-state index contributed by atoms with van der Waals surface area (Å²) in [5.74, 6) is -1.72. The van der Waals surface area contributed by atoms with Crippen molar-refractivity contribution in [3.05, 3.63) is 35.9 Å². The monoisotopic (exact) mass is 411 g/mol. The van der Waals surface area contributed by atoms with Gasteiger partial charge in [0.1, 0.15) is 0 Å². The second-order valence-electron chi connectivity index (χ2n) is 6.35. The van der Waals surface area contributed by atoms with Crippen LogP contribution in [-0.2, 0) is 20.8 Å². The Kier molecular flexibility index (Phi) is 7.02. The van der Waals surface area contributed by atoms with Crippen LogP contribution in [0.15, 0.2) is 30.3 Å². The van der Waals surface area contributed by atoms with Gasteiger partial charge in [-0.1, -0.05) is 6.07 Å². The molecule has 0 aliphatic carbocycles. The molecule has 3 atom stereocenters. The molecule has 1 fully saturated rings. The molecule has 1 aliphatic rings. The zero-order valence-electron chi connectivity index (χ0n) is 14.2. The minimum atomic E-state index is -1.08. The molecule has 1 aromatic rings. The summed E-state index contributed by atoms with van der Waals surface area (Å²) in [4.78, 5) is 38.1. The summed E-state index contributed by atoms with van der Waals surface area (Å²) in [6.07, 6.45) is 1.53. The summed E-state index contributed by atoms with van der Waals surface area (Å²) in [6.45, 7) is 2.36. The molecule has 1 aromatic carbocycles. The number of aliphatic carboxylic acids is 1. The summed E-state index contributed by atoms with van der Waals surface area (Å²) in [5, 5.41) is 12.6. The van der Waals surface area contributed by atoms with Crippen molar-refractivity contribution in [1.82, 2.24) is 10.2 Å². The number of carboxylic acid groups (broad SMARTS) is 1. The number of rotatable bonds is 7. The molecule has 1 radical (unpaired) electrons. The fourth-order valence-corrected chi connectivity index (χ4v) is 3.27. The summed E-state index contributed by atoms with van der Waals surface area (Å²) in [7, 11) is 0. The Labute approximate surface area is 155 Å². The van der Waals surface area contributed by atoms with Crippen LogP contribution in [0.1, 0.15) is 25.3 Å². The van der Waals surface area contributed by atoms with Crippen LogP contribution in [0.2, 0.25) is 5.32 Å². The van der Waals surface area contributed by atoms with Gasteiger partial charge in [0.15, 0.2) is 0 Å². The molecule has 2 rings (SSSR count). The van der Waals surface area contributed by atoms with Crippen molar-refractivity contribution in [2.24, 2.45) is 5.92 Å². The number of carbonyl (C=O) groups is 3. The molecular formula is C18H23N2O4Se. The van der Waals surface area contributed by atoms with Gasteiger partial charge in [0.05, 0.1) is 0 Å². The quantitative estimate of drug-likeness (QED) is 0.657. The van der Waals surface area contributed by atoms with E-state index in [1.807, 2.05) is 37.3 Å². The van der Waals surface area contributed by atoms with Gasteiger partial charge in [-0.15, -0.1) is 0 Å². The molecule has 135 valence electrons. The first-order valence-electron chi connectivity index (χ1n) is 8.39. The van der Waals surface area contributed by atoms with Crippen molar-refractivity contribution in [2.75, 3.05) is 6.54 Å². The second kappa shape index (κ2) is 9.02. The molecule has 2 N–H and O–H groups in total. The van der Waals surface area contributed by atoms with Crippen LogP contribution in [0.25, 0.3) is 0 Å². The molecule has 0 bridgehead atoms. The van der Waals surface area contributed by atoms with Crippen LogP contribution >= 0.6 is 0 Å². The van der Waals surface area contributed by atoms with E-state index in [1.54, 1.807) is 4.90 Å². The molecule has 6 nitrogen and oxygen atoms in total. The molecule has 2 amide bonds. The number of carbonyl (C=O) groups excluding carboxylic acids is 2. The van der Waals surface area contributed by atoms with Crippen molar-refractivity contribution in [1.29, 1.82) is 0 Å². The van der Waals surface area contributed by atoms with Crippen LogP contribution in [-0.4, -0.2) is 62.4 Å². The molecule has 1 heterocycles. The Bertz CT molecular complexity index is 623. The van der Waals surface area contributed by atoms with E-state index < -0.39 is 18.1 Å². The third kappa shape index (κ3) is 5.06. The molecule has 7 heteroatoms. The summed E-state index contributed by atoms with van der Waals surface area (Å²) >= 11 is 2.84. The van der Waals surface area contributed by atoms with Crippen LogP contribution in [0.4, 0.5) is 0 Å². The number of nitrogens with zero attached hydrogens (tertiary/aromatic N) is 1. The van der Waals surface area contributed by atoms with E-state index in [1.165, 1.54) is 0 Å². The SMILES string of the molecule is C[C@H](C[Se])C(=O)N1CCC[C@H]1C(=O)N[C@@H](Cc1ccccc1)C(=O)O.